The largest absolute Gasteiger partial charge is 0.356 e. The van der Waals surface area contributed by atoms with Crippen LogP contribution >= 0.6 is 35.4 Å². The predicted octanol–water partition coefficient (Wildman–Crippen LogP) is 5.29. The van der Waals surface area contributed by atoms with Crippen molar-refractivity contribution in [2.75, 3.05) is 5.32 Å². The third-order valence-corrected chi connectivity index (χ3v) is 4.84. The highest BCUT2D eigenvalue weighted by Gasteiger charge is 2.10. The Morgan fingerprint density at radius 1 is 1.08 bits per heavy atom. The molecular formula is C19H18Cl2N4S. The summed E-state index contributed by atoms with van der Waals surface area (Å²) in [6.07, 6.45) is 1.85. The summed E-state index contributed by atoms with van der Waals surface area (Å²) in [7, 11) is 0. The van der Waals surface area contributed by atoms with Gasteiger partial charge in [0, 0.05) is 27.9 Å². The van der Waals surface area contributed by atoms with Gasteiger partial charge in [-0.05, 0) is 36.8 Å². The number of nitrogens with zero attached hydrogens (tertiary/aromatic N) is 2. The van der Waals surface area contributed by atoms with Crippen LogP contribution in [-0.4, -0.2) is 14.9 Å². The molecule has 0 aliphatic rings. The molecule has 26 heavy (non-hydrogen) atoms. The first-order chi connectivity index (χ1) is 12.5. The fourth-order valence-electron chi connectivity index (χ4n) is 2.54. The van der Waals surface area contributed by atoms with E-state index in [1.807, 2.05) is 48.7 Å². The maximum atomic E-state index is 6.21. The van der Waals surface area contributed by atoms with Crippen LogP contribution in [0.4, 0.5) is 5.82 Å². The van der Waals surface area contributed by atoms with E-state index in [1.165, 1.54) is 0 Å². The Morgan fingerprint density at radius 2 is 1.77 bits per heavy atom. The van der Waals surface area contributed by atoms with Crippen molar-refractivity contribution in [2.24, 2.45) is 0 Å². The number of rotatable bonds is 5. The molecule has 0 bridgehead atoms. The van der Waals surface area contributed by atoms with E-state index in [9.17, 15) is 0 Å². The van der Waals surface area contributed by atoms with Crippen molar-refractivity contribution in [1.82, 2.24) is 15.1 Å². The zero-order valence-corrected chi connectivity index (χ0v) is 16.4. The Morgan fingerprint density at radius 3 is 2.46 bits per heavy atom. The Hall–Kier alpha value is -2.08. The standard InChI is InChI=1S/C19H18Cl2N4S/c1-13(14-6-3-2-4-7-14)22-19(26)23-18-10-11-25(24-18)12-15-16(20)8-5-9-17(15)21/h2-11,13H,12H2,1H3,(H2,22,23,24,26). The minimum Gasteiger partial charge on any atom is -0.356 e. The molecule has 0 aliphatic heterocycles. The summed E-state index contributed by atoms with van der Waals surface area (Å²) < 4.78 is 1.76. The van der Waals surface area contributed by atoms with Gasteiger partial charge in [0.25, 0.3) is 0 Å². The number of thiocarbonyl (C=S) groups is 1. The minimum atomic E-state index is 0.0974. The van der Waals surface area contributed by atoms with Crippen molar-refractivity contribution in [3.05, 3.63) is 82.0 Å². The van der Waals surface area contributed by atoms with Gasteiger partial charge in [-0.2, -0.15) is 5.10 Å². The van der Waals surface area contributed by atoms with Crippen molar-refractivity contribution >= 4 is 46.4 Å². The van der Waals surface area contributed by atoms with Crippen LogP contribution in [0.5, 0.6) is 0 Å². The number of aromatic nitrogens is 2. The molecule has 0 amide bonds. The van der Waals surface area contributed by atoms with Gasteiger partial charge in [-0.1, -0.05) is 59.6 Å². The molecule has 0 radical (unpaired) electrons. The van der Waals surface area contributed by atoms with Crippen molar-refractivity contribution in [1.29, 1.82) is 0 Å². The molecule has 134 valence electrons. The van der Waals surface area contributed by atoms with Gasteiger partial charge in [-0.15, -0.1) is 0 Å². The quantitative estimate of drug-likeness (QED) is 0.567. The van der Waals surface area contributed by atoms with Crippen LogP contribution in [0.15, 0.2) is 60.8 Å². The molecule has 2 N–H and O–H groups in total. The van der Waals surface area contributed by atoms with E-state index in [2.05, 4.69) is 34.8 Å². The molecule has 1 aromatic heterocycles. The molecule has 2 aromatic carbocycles. The van der Waals surface area contributed by atoms with Crippen LogP contribution in [0, 0.1) is 0 Å². The summed E-state index contributed by atoms with van der Waals surface area (Å²) in [5, 5.41) is 12.6. The second kappa shape index (κ2) is 8.54. The first-order valence-corrected chi connectivity index (χ1v) is 9.28. The molecule has 4 nitrogen and oxygen atoms in total. The first-order valence-electron chi connectivity index (χ1n) is 8.12. The maximum absolute atomic E-state index is 6.21. The Bertz CT molecular complexity index is 875. The van der Waals surface area contributed by atoms with Gasteiger partial charge in [-0.25, -0.2) is 0 Å². The fraction of sp³-hybridized carbons (Fsp3) is 0.158. The lowest BCUT2D eigenvalue weighted by molar-refractivity contribution is 0.689. The Balaban J connectivity index is 1.60. The first kappa shape index (κ1) is 18.7. The van der Waals surface area contributed by atoms with Gasteiger partial charge in [0.1, 0.15) is 0 Å². The summed E-state index contributed by atoms with van der Waals surface area (Å²) in [5.74, 6) is 0.658. The van der Waals surface area contributed by atoms with E-state index < -0.39 is 0 Å². The van der Waals surface area contributed by atoms with Gasteiger partial charge in [0.2, 0.25) is 0 Å². The van der Waals surface area contributed by atoms with Crippen LogP contribution < -0.4 is 10.6 Å². The number of benzene rings is 2. The van der Waals surface area contributed by atoms with Gasteiger partial charge in [0.15, 0.2) is 10.9 Å². The lowest BCUT2D eigenvalue weighted by Crippen LogP contribution is -2.31. The molecule has 0 saturated carbocycles. The second-order valence-electron chi connectivity index (χ2n) is 5.83. The molecule has 1 heterocycles. The van der Waals surface area contributed by atoms with Crippen LogP contribution in [0.25, 0.3) is 0 Å². The van der Waals surface area contributed by atoms with Crippen molar-refractivity contribution < 1.29 is 0 Å². The average molecular weight is 405 g/mol. The average Bonchev–Trinajstić information content (AvgIpc) is 3.06. The number of nitrogens with one attached hydrogen (secondary N) is 2. The summed E-state index contributed by atoms with van der Waals surface area (Å²) in [6, 6.07) is 17.5. The molecule has 1 unspecified atom stereocenters. The monoisotopic (exact) mass is 404 g/mol. The Labute approximate surface area is 168 Å². The maximum Gasteiger partial charge on any atom is 0.172 e. The van der Waals surface area contributed by atoms with Crippen LogP contribution in [0.1, 0.15) is 24.1 Å². The molecule has 1 atom stereocenters. The van der Waals surface area contributed by atoms with Crippen LogP contribution in [-0.2, 0) is 6.54 Å². The topological polar surface area (TPSA) is 41.9 Å². The second-order valence-corrected chi connectivity index (χ2v) is 7.05. The molecule has 3 rings (SSSR count). The molecule has 3 aromatic rings. The normalized spacial score (nSPS) is 11.8. The highest BCUT2D eigenvalue weighted by molar-refractivity contribution is 7.80. The van der Waals surface area contributed by atoms with E-state index in [0.29, 0.717) is 27.5 Å². The van der Waals surface area contributed by atoms with Gasteiger partial charge in [0.05, 0.1) is 12.6 Å². The van der Waals surface area contributed by atoms with Crippen molar-refractivity contribution in [2.45, 2.75) is 19.5 Å². The zero-order chi connectivity index (χ0) is 18.5. The Kier molecular flexibility index (Phi) is 6.14. The smallest absolute Gasteiger partial charge is 0.172 e. The van der Waals surface area contributed by atoms with Crippen LogP contribution in [0.2, 0.25) is 10.0 Å². The predicted molar refractivity (Wildman–Crippen MR) is 112 cm³/mol. The van der Waals surface area contributed by atoms with Gasteiger partial charge >= 0.3 is 0 Å². The molecule has 0 aliphatic carbocycles. The van der Waals surface area contributed by atoms with E-state index in [1.54, 1.807) is 4.68 Å². The third kappa shape index (κ3) is 4.75. The lowest BCUT2D eigenvalue weighted by Gasteiger charge is -2.16. The van der Waals surface area contributed by atoms with Gasteiger partial charge < -0.3 is 10.6 Å². The number of hydrogen-bond donors (Lipinski definition) is 2. The molecular weight excluding hydrogens is 387 g/mol. The van der Waals surface area contributed by atoms with E-state index in [-0.39, 0.29) is 6.04 Å². The zero-order valence-electron chi connectivity index (χ0n) is 14.1. The molecule has 0 saturated heterocycles. The van der Waals surface area contributed by atoms with Crippen molar-refractivity contribution in [3.8, 4) is 0 Å². The number of anilines is 1. The molecule has 0 spiro atoms. The number of hydrogen-bond acceptors (Lipinski definition) is 2. The number of halogens is 2. The third-order valence-electron chi connectivity index (χ3n) is 3.91. The van der Waals surface area contributed by atoms with Crippen molar-refractivity contribution in [3.63, 3.8) is 0 Å². The highest BCUT2D eigenvalue weighted by atomic mass is 35.5. The van der Waals surface area contributed by atoms with E-state index >= 15 is 0 Å². The SMILES string of the molecule is CC(NC(=S)Nc1ccn(Cc2c(Cl)cccc2Cl)n1)c1ccccc1. The van der Waals surface area contributed by atoms with Gasteiger partial charge in [-0.3, -0.25) is 4.68 Å². The molecule has 0 fully saturated rings. The summed E-state index contributed by atoms with van der Waals surface area (Å²) in [4.78, 5) is 0. The summed E-state index contributed by atoms with van der Waals surface area (Å²) in [5.41, 5.74) is 2.00. The van der Waals surface area contributed by atoms with Crippen LogP contribution in [0.3, 0.4) is 0 Å². The summed E-state index contributed by atoms with van der Waals surface area (Å²) >= 11 is 17.8. The highest BCUT2D eigenvalue weighted by Crippen LogP contribution is 2.25. The lowest BCUT2D eigenvalue weighted by atomic mass is 10.1. The fourth-order valence-corrected chi connectivity index (χ4v) is 3.33. The minimum absolute atomic E-state index is 0.0974. The summed E-state index contributed by atoms with van der Waals surface area (Å²) in [6.45, 7) is 2.54. The van der Waals surface area contributed by atoms with E-state index in [0.717, 1.165) is 11.1 Å². The molecule has 7 heteroatoms. The van der Waals surface area contributed by atoms with E-state index in [4.69, 9.17) is 35.4 Å².